The van der Waals surface area contributed by atoms with Crippen molar-refractivity contribution >= 4 is 11.6 Å². The Morgan fingerprint density at radius 3 is 2.24 bits per heavy atom. The molecule has 4 aliphatic carbocycles. The second kappa shape index (κ2) is 7.28. The highest BCUT2D eigenvalue weighted by molar-refractivity contribution is 6.00. The summed E-state index contributed by atoms with van der Waals surface area (Å²) >= 11 is 0. The van der Waals surface area contributed by atoms with E-state index < -0.39 is 6.10 Å². The lowest BCUT2D eigenvalue weighted by molar-refractivity contribution is -0.180. The third-order valence-corrected chi connectivity index (χ3v) is 12.0. The number of Topliss-reactive ketones (excluding diaryl/α,β-unsaturated/α-hetero) is 2. The minimum Gasteiger partial charge on any atom is -0.390 e. The number of aliphatic hydroxyl groups is 1. The molecular weight excluding hydrogens is 424 g/mol. The van der Waals surface area contributed by atoms with Gasteiger partial charge in [-0.05, 0) is 86.5 Å². The molecule has 1 heterocycles. The number of ether oxygens (including phenoxy) is 1. The number of rotatable bonds is 4. The average molecular weight is 471 g/mol. The molecule has 0 spiro atoms. The molecule has 1 saturated heterocycles. The summed E-state index contributed by atoms with van der Waals surface area (Å²) in [6.07, 6.45) is 6.52. The molecule has 0 unspecified atom stereocenters. The molecule has 4 fully saturated rings. The van der Waals surface area contributed by atoms with Gasteiger partial charge in [-0.2, -0.15) is 0 Å². The van der Waals surface area contributed by atoms with Crippen molar-refractivity contribution < 1.29 is 19.4 Å². The van der Waals surface area contributed by atoms with Crippen LogP contribution in [0.1, 0.15) is 107 Å². The number of aliphatic hydroxyl groups excluding tert-OH is 1. The van der Waals surface area contributed by atoms with Crippen LogP contribution in [0, 0.1) is 39.4 Å². The van der Waals surface area contributed by atoms with E-state index in [0.717, 1.165) is 37.7 Å². The Hall–Kier alpha value is -1.00. The summed E-state index contributed by atoms with van der Waals surface area (Å²) in [5.41, 5.74) is 2.02. The predicted molar refractivity (Wildman–Crippen MR) is 133 cm³/mol. The molecular formula is C30H46O4. The Balaban J connectivity index is 1.47. The van der Waals surface area contributed by atoms with Gasteiger partial charge in [-0.3, -0.25) is 9.59 Å². The van der Waals surface area contributed by atoms with Crippen LogP contribution in [0.3, 0.4) is 0 Å². The summed E-state index contributed by atoms with van der Waals surface area (Å²) < 4.78 is 5.68. The van der Waals surface area contributed by atoms with Crippen molar-refractivity contribution in [1.29, 1.82) is 0 Å². The van der Waals surface area contributed by atoms with Crippen molar-refractivity contribution in [2.45, 2.75) is 125 Å². The lowest BCUT2D eigenvalue weighted by Crippen LogP contribution is -2.62. The fourth-order valence-corrected chi connectivity index (χ4v) is 9.91. The van der Waals surface area contributed by atoms with Crippen LogP contribution < -0.4 is 0 Å². The first-order valence-electron chi connectivity index (χ1n) is 13.8. The standard InChI is InChI=1S/C30H46O4/c1-17(15-19(31)25-27(4,5)34-25)24-18-9-10-22-28(6)13-12-23(33)26(2,3)21(28)11-14-29(22,7)30(18,8)16-20(24)32/h17,19,21-22,25,31H,9-16H2,1-8H3/t17-,19+,21-,22+,25+,28+,29+,30+/m1/s1. The SMILES string of the molecule is C[C@H](C[C@H](O)[C@@H]1OC1(C)C)C1=C2CC[C@H]3[C@@]4(C)CCC(=O)C(C)(C)[C@H]4CC[C@]3(C)[C@@]2(C)CC1=O. The van der Waals surface area contributed by atoms with Gasteiger partial charge in [0.05, 0.1) is 11.7 Å². The molecule has 1 N–H and O–H groups in total. The smallest absolute Gasteiger partial charge is 0.159 e. The van der Waals surface area contributed by atoms with Crippen LogP contribution in [0.15, 0.2) is 11.1 Å². The molecule has 0 aromatic heterocycles. The van der Waals surface area contributed by atoms with Crippen molar-refractivity contribution in [3.63, 3.8) is 0 Å². The number of carbonyl (C=O) groups is 2. The predicted octanol–water partition coefficient (Wildman–Crippen LogP) is 6.05. The first kappa shape index (κ1) is 24.7. The molecule has 0 bridgehead atoms. The third kappa shape index (κ3) is 3.09. The minimum absolute atomic E-state index is 0.0534. The zero-order valence-electron chi connectivity index (χ0n) is 22.7. The van der Waals surface area contributed by atoms with Crippen LogP contribution in [-0.2, 0) is 14.3 Å². The van der Waals surface area contributed by atoms with Crippen molar-refractivity contribution in [1.82, 2.24) is 0 Å². The van der Waals surface area contributed by atoms with Gasteiger partial charge in [0, 0.05) is 23.7 Å². The highest BCUT2D eigenvalue weighted by Gasteiger charge is 2.67. The molecule has 0 aromatic rings. The Morgan fingerprint density at radius 1 is 0.971 bits per heavy atom. The van der Waals surface area contributed by atoms with Gasteiger partial charge >= 0.3 is 0 Å². The summed E-state index contributed by atoms with van der Waals surface area (Å²) in [6.45, 7) is 17.9. The summed E-state index contributed by atoms with van der Waals surface area (Å²) in [7, 11) is 0. The van der Waals surface area contributed by atoms with E-state index in [1.807, 2.05) is 13.8 Å². The van der Waals surface area contributed by atoms with Gasteiger partial charge < -0.3 is 9.84 Å². The van der Waals surface area contributed by atoms with Gasteiger partial charge in [0.2, 0.25) is 0 Å². The Labute approximate surface area is 206 Å². The van der Waals surface area contributed by atoms with Crippen molar-refractivity contribution in [3.8, 4) is 0 Å². The number of allylic oxidation sites excluding steroid dienone is 2. The Morgan fingerprint density at radius 2 is 1.62 bits per heavy atom. The maximum atomic E-state index is 13.6. The maximum Gasteiger partial charge on any atom is 0.159 e. The molecule has 0 aromatic carbocycles. The summed E-state index contributed by atoms with van der Waals surface area (Å²) in [5.74, 6) is 1.77. The molecule has 8 atom stereocenters. The number of epoxide rings is 1. The largest absolute Gasteiger partial charge is 0.390 e. The lowest BCUT2D eigenvalue weighted by atomic mass is 9.36. The highest BCUT2D eigenvalue weighted by atomic mass is 16.6. The van der Waals surface area contributed by atoms with Gasteiger partial charge in [-0.25, -0.2) is 0 Å². The second-order valence-corrected chi connectivity index (χ2v) is 14.4. The minimum atomic E-state index is -0.527. The number of hydrogen-bond donors (Lipinski definition) is 1. The maximum absolute atomic E-state index is 13.6. The van der Waals surface area contributed by atoms with Crippen LogP contribution in [-0.4, -0.2) is 34.5 Å². The fourth-order valence-electron chi connectivity index (χ4n) is 9.91. The molecule has 4 heteroatoms. The van der Waals surface area contributed by atoms with Crippen molar-refractivity contribution in [2.24, 2.45) is 39.4 Å². The third-order valence-electron chi connectivity index (χ3n) is 12.0. The second-order valence-electron chi connectivity index (χ2n) is 14.4. The van der Waals surface area contributed by atoms with Crippen molar-refractivity contribution in [2.75, 3.05) is 0 Å². The van der Waals surface area contributed by atoms with Crippen LogP contribution in [0.25, 0.3) is 0 Å². The van der Waals surface area contributed by atoms with Gasteiger partial charge in [0.25, 0.3) is 0 Å². The molecule has 190 valence electrons. The van der Waals surface area contributed by atoms with Crippen molar-refractivity contribution in [3.05, 3.63) is 11.1 Å². The monoisotopic (exact) mass is 470 g/mol. The van der Waals surface area contributed by atoms with E-state index in [2.05, 4.69) is 41.5 Å². The first-order valence-corrected chi connectivity index (χ1v) is 13.8. The van der Waals surface area contributed by atoms with Gasteiger partial charge in [-0.1, -0.05) is 47.1 Å². The van der Waals surface area contributed by atoms with E-state index in [0.29, 0.717) is 42.7 Å². The Kier molecular flexibility index (Phi) is 5.28. The number of carbonyl (C=O) groups excluding carboxylic acids is 2. The summed E-state index contributed by atoms with van der Waals surface area (Å²) in [6, 6.07) is 0. The highest BCUT2D eigenvalue weighted by Crippen LogP contribution is 2.73. The summed E-state index contributed by atoms with van der Waals surface area (Å²) in [5, 5.41) is 10.8. The molecule has 0 amide bonds. The van der Waals surface area contributed by atoms with Gasteiger partial charge in [-0.15, -0.1) is 0 Å². The zero-order valence-corrected chi connectivity index (χ0v) is 22.7. The molecule has 4 nitrogen and oxygen atoms in total. The topological polar surface area (TPSA) is 66.9 Å². The normalized spacial score (nSPS) is 46.4. The number of fused-ring (bicyclic) bond motifs is 5. The van der Waals surface area contributed by atoms with E-state index in [4.69, 9.17) is 4.74 Å². The lowest BCUT2D eigenvalue weighted by Gasteiger charge is -2.67. The quantitative estimate of drug-likeness (QED) is 0.508. The molecule has 5 aliphatic rings. The molecule has 1 aliphatic heterocycles. The number of ketones is 2. The van der Waals surface area contributed by atoms with Gasteiger partial charge in [0.1, 0.15) is 11.9 Å². The molecule has 0 radical (unpaired) electrons. The summed E-state index contributed by atoms with van der Waals surface area (Å²) in [4.78, 5) is 26.5. The molecule has 3 saturated carbocycles. The fraction of sp³-hybridized carbons (Fsp3) is 0.867. The average Bonchev–Trinajstić information content (AvgIpc) is 3.26. The van der Waals surface area contributed by atoms with Crippen LogP contribution in [0.5, 0.6) is 0 Å². The van der Waals surface area contributed by atoms with E-state index >= 15 is 0 Å². The molecule has 34 heavy (non-hydrogen) atoms. The Bertz CT molecular complexity index is 959. The van der Waals surface area contributed by atoms with Crippen LogP contribution in [0.2, 0.25) is 0 Å². The van der Waals surface area contributed by atoms with E-state index in [9.17, 15) is 14.7 Å². The van der Waals surface area contributed by atoms with Crippen LogP contribution in [0.4, 0.5) is 0 Å². The zero-order chi connectivity index (χ0) is 25.1. The van der Waals surface area contributed by atoms with E-state index in [1.165, 1.54) is 5.57 Å². The van der Waals surface area contributed by atoms with E-state index in [-0.39, 0.29) is 39.3 Å². The number of hydrogen-bond acceptors (Lipinski definition) is 4. The van der Waals surface area contributed by atoms with E-state index in [1.54, 1.807) is 0 Å². The molecule has 5 rings (SSSR count). The van der Waals surface area contributed by atoms with Crippen LogP contribution >= 0.6 is 0 Å². The van der Waals surface area contributed by atoms with Gasteiger partial charge in [0.15, 0.2) is 5.78 Å². The first-order chi connectivity index (χ1) is 15.6.